The van der Waals surface area contributed by atoms with E-state index in [2.05, 4.69) is 9.71 Å². The first kappa shape index (κ1) is 21.0. The second kappa shape index (κ2) is 8.27. The largest absolute Gasteiger partial charge is 0.311 e. The molecule has 0 fully saturated rings. The van der Waals surface area contributed by atoms with Crippen molar-refractivity contribution in [3.05, 3.63) is 70.5 Å². The minimum absolute atomic E-state index is 0. The van der Waals surface area contributed by atoms with Crippen LogP contribution < -0.4 is 9.62 Å². The van der Waals surface area contributed by atoms with Crippen LogP contribution in [0, 0.1) is 5.82 Å². The number of aromatic nitrogens is 1. The predicted octanol–water partition coefficient (Wildman–Crippen LogP) is 3.28. The maximum atomic E-state index is 13.6. The molecule has 1 amide bonds. The van der Waals surface area contributed by atoms with Gasteiger partial charge in [-0.25, -0.2) is 17.8 Å². The normalized spacial score (nSPS) is 16.0. The first-order valence-electron chi connectivity index (χ1n) is 10.2. The van der Waals surface area contributed by atoms with E-state index in [9.17, 15) is 17.6 Å². The monoisotopic (exact) mass is 474 g/mol. The lowest BCUT2D eigenvalue weighted by molar-refractivity contribution is -0.119. The third-order valence-corrected chi connectivity index (χ3v) is 7.98. The zero-order chi connectivity index (χ0) is 22.3. The highest BCUT2D eigenvalue weighted by Crippen LogP contribution is 2.31. The van der Waals surface area contributed by atoms with Gasteiger partial charge in [0, 0.05) is 38.3 Å². The highest BCUT2D eigenvalue weighted by molar-refractivity contribution is 7.93. The maximum absolute atomic E-state index is 13.6. The van der Waals surface area contributed by atoms with Crippen LogP contribution in [0.5, 0.6) is 0 Å². The van der Waals surface area contributed by atoms with Gasteiger partial charge < -0.3 is 4.90 Å². The molecule has 2 aliphatic heterocycles. The molecule has 0 radical (unpaired) electrons. The van der Waals surface area contributed by atoms with E-state index in [1.807, 2.05) is 11.0 Å². The van der Waals surface area contributed by atoms with Crippen LogP contribution in [-0.4, -0.2) is 43.8 Å². The summed E-state index contributed by atoms with van der Waals surface area (Å²) in [5.74, 6) is -0.305. The van der Waals surface area contributed by atoms with Crippen LogP contribution in [0.2, 0.25) is 0 Å². The van der Waals surface area contributed by atoms with Crippen LogP contribution in [0.1, 0.15) is 18.1 Å². The number of sulfonamides is 1. The number of nitrogens with zero attached hydrogens (tertiary/aromatic N) is 3. The van der Waals surface area contributed by atoms with Crippen LogP contribution in [0.4, 0.5) is 15.2 Å². The molecule has 32 heavy (non-hydrogen) atoms. The molecule has 0 saturated heterocycles. The fourth-order valence-corrected chi connectivity index (χ4v) is 6.09. The molecular weight excluding hydrogens is 451 g/mol. The van der Waals surface area contributed by atoms with E-state index >= 15 is 0 Å². The van der Waals surface area contributed by atoms with Gasteiger partial charge in [-0.1, -0.05) is 6.07 Å². The number of thiazole rings is 1. The second-order valence-corrected chi connectivity index (χ2v) is 10.5. The lowest BCUT2D eigenvalue weighted by Gasteiger charge is -2.30. The van der Waals surface area contributed by atoms with Crippen molar-refractivity contribution >= 4 is 38.1 Å². The van der Waals surface area contributed by atoms with E-state index in [1.54, 1.807) is 28.5 Å². The van der Waals surface area contributed by atoms with Crippen molar-refractivity contribution in [1.29, 1.82) is 0 Å². The van der Waals surface area contributed by atoms with Crippen molar-refractivity contribution in [2.75, 3.05) is 29.3 Å². The van der Waals surface area contributed by atoms with Gasteiger partial charge in [-0.15, -0.1) is 11.3 Å². The van der Waals surface area contributed by atoms with Crippen LogP contribution in [-0.2, 0) is 34.2 Å². The smallest absolute Gasteiger partial charge is 0.263 e. The van der Waals surface area contributed by atoms with E-state index in [-0.39, 0.29) is 24.6 Å². The summed E-state index contributed by atoms with van der Waals surface area (Å²) < 4.78 is 41.3. The third kappa shape index (κ3) is 4.13. The lowest BCUT2D eigenvalue weighted by atomic mass is 10.00. The molecule has 0 saturated carbocycles. The molecule has 0 spiro atoms. The Morgan fingerprint density at radius 2 is 1.97 bits per heavy atom. The Hall–Kier alpha value is -2.82. The Balaban J connectivity index is 0.00000259. The number of hydrogen-bond donors (Lipinski definition) is 1. The number of carbonyl (C=O) groups excluding carboxylic acids is 1. The number of hydrogen-bond acceptors (Lipinski definition) is 6. The molecule has 168 valence electrons. The molecule has 0 aliphatic carbocycles. The third-order valence-electron chi connectivity index (χ3n) is 5.83. The standard InChI is InChI=1S/C22H21FN4O3S2.H2/c23-18-2-1-15-5-8-26(13-17(15)11-18)14-21(28)27-9-6-16-12-19(3-4-20(16)27)32(29,30)25-22-24-7-10-31-22;/h1-4,7,10-12H,5-6,8-9,13-14H2,(H,24,25);1H. The molecule has 2 aliphatic rings. The zero-order valence-corrected chi connectivity index (χ0v) is 18.8. The molecule has 7 nitrogen and oxygen atoms in total. The average molecular weight is 475 g/mol. The Morgan fingerprint density at radius 3 is 2.78 bits per heavy atom. The van der Waals surface area contributed by atoms with Gasteiger partial charge in [0.25, 0.3) is 10.0 Å². The average Bonchev–Trinajstić information content (AvgIpc) is 3.42. The van der Waals surface area contributed by atoms with Gasteiger partial charge in [0.15, 0.2) is 5.13 Å². The van der Waals surface area contributed by atoms with E-state index in [0.29, 0.717) is 24.6 Å². The van der Waals surface area contributed by atoms with E-state index < -0.39 is 10.0 Å². The minimum atomic E-state index is -3.74. The van der Waals surface area contributed by atoms with Gasteiger partial charge in [0.05, 0.1) is 11.4 Å². The number of fused-ring (bicyclic) bond motifs is 2. The predicted molar refractivity (Wildman–Crippen MR) is 123 cm³/mol. The molecule has 1 N–H and O–H groups in total. The van der Waals surface area contributed by atoms with Gasteiger partial charge >= 0.3 is 0 Å². The van der Waals surface area contributed by atoms with Crippen LogP contribution in [0.15, 0.2) is 52.9 Å². The van der Waals surface area contributed by atoms with Gasteiger partial charge in [-0.2, -0.15) is 0 Å². The fourth-order valence-electron chi connectivity index (χ4n) is 4.25. The summed E-state index contributed by atoms with van der Waals surface area (Å²) in [5.41, 5.74) is 3.62. The zero-order valence-electron chi connectivity index (χ0n) is 17.1. The number of anilines is 2. The molecule has 0 atom stereocenters. The minimum Gasteiger partial charge on any atom is -0.311 e. The Labute approximate surface area is 191 Å². The number of rotatable bonds is 5. The maximum Gasteiger partial charge on any atom is 0.263 e. The van der Waals surface area contributed by atoms with Crippen molar-refractivity contribution in [3.8, 4) is 0 Å². The topological polar surface area (TPSA) is 82.6 Å². The van der Waals surface area contributed by atoms with Crippen molar-refractivity contribution in [3.63, 3.8) is 0 Å². The summed E-state index contributed by atoms with van der Waals surface area (Å²) in [5, 5.41) is 2.01. The molecule has 5 rings (SSSR count). The summed E-state index contributed by atoms with van der Waals surface area (Å²) >= 11 is 1.21. The van der Waals surface area contributed by atoms with Crippen LogP contribution >= 0.6 is 11.3 Å². The highest BCUT2D eigenvalue weighted by atomic mass is 32.2. The van der Waals surface area contributed by atoms with E-state index in [0.717, 1.165) is 35.3 Å². The van der Waals surface area contributed by atoms with E-state index in [1.165, 1.54) is 29.7 Å². The fraction of sp³-hybridized carbons (Fsp3) is 0.273. The summed E-state index contributed by atoms with van der Waals surface area (Å²) in [6.07, 6.45) is 2.91. The number of nitrogens with one attached hydrogen (secondary N) is 1. The first-order chi connectivity index (χ1) is 15.4. The molecule has 10 heteroatoms. The lowest BCUT2D eigenvalue weighted by Crippen LogP contribution is -2.41. The van der Waals surface area contributed by atoms with Gasteiger partial charge in [0.2, 0.25) is 5.91 Å². The van der Waals surface area contributed by atoms with Gasteiger partial charge in [-0.3, -0.25) is 14.4 Å². The van der Waals surface area contributed by atoms with Crippen molar-refractivity contribution in [1.82, 2.24) is 9.88 Å². The Morgan fingerprint density at radius 1 is 1.12 bits per heavy atom. The molecule has 3 aromatic rings. The van der Waals surface area contributed by atoms with E-state index in [4.69, 9.17) is 0 Å². The Bertz CT molecular complexity index is 1280. The molecular formula is C22H23FN4O3S2. The summed E-state index contributed by atoms with van der Waals surface area (Å²) in [6, 6.07) is 9.66. The summed E-state index contributed by atoms with van der Waals surface area (Å²) in [4.78, 5) is 20.9. The van der Waals surface area contributed by atoms with Crippen molar-refractivity contribution in [2.24, 2.45) is 0 Å². The second-order valence-electron chi connectivity index (χ2n) is 7.90. The number of amides is 1. The number of carbonyl (C=O) groups is 1. The first-order valence-corrected chi connectivity index (χ1v) is 12.6. The van der Waals surface area contributed by atoms with Crippen LogP contribution in [0.3, 0.4) is 0 Å². The number of halogens is 1. The molecule has 3 heterocycles. The van der Waals surface area contributed by atoms with Gasteiger partial charge in [0.1, 0.15) is 5.82 Å². The molecule has 2 aromatic carbocycles. The summed E-state index contributed by atoms with van der Waals surface area (Å²) in [6.45, 7) is 2.03. The molecule has 0 bridgehead atoms. The number of benzene rings is 2. The quantitative estimate of drug-likeness (QED) is 0.614. The SMILES string of the molecule is O=C(CN1CCc2ccc(F)cc2C1)N1CCc2cc(S(=O)(=O)Nc3nccs3)ccc21.[HH]. The van der Waals surface area contributed by atoms with Crippen LogP contribution in [0.25, 0.3) is 0 Å². The summed E-state index contributed by atoms with van der Waals surface area (Å²) in [7, 11) is -3.74. The van der Waals surface area contributed by atoms with Crippen molar-refractivity contribution in [2.45, 2.75) is 24.3 Å². The van der Waals surface area contributed by atoms with Gasteiger partial charge in [-0.05, 0) is 59.9 Å². The van der Waals surface area contributed by atoms with Crippen molar-refractivity contribution < 1.29 is 19.0 Å². The molecule has 0 unspecified atom stereocenters. The highest BCUT2D eigenvalue weighted by Gasteiger charge is 2.29. The molecule has 1 aromatic heterocycles. The Kier molecular flexibility index (Phi) is 5.44.